The zero-order chi connectivity index (χ0) is 13.8. The number of nitrogens with one attached hydrogen (secondary N) is 1. The number of nitrogens with zero attached hydrogens (tertiary/aromatic N) is 1. The van der Waals surface area contributed by atoms with E-state index >= 15 is 0 Å². The van der Waals surface area contributed by atoms with Crippen molar-refractivity contribution in [2.45, 2.75) is 19.0 Å². The van der Waals surface area contributed by atoms with E-state index in [-0.39, 0.29) is 5.56 Å². The third-order valence-corrected chi connectivity index (χ3v) is 4.68. The third kappa shape index (κ3) is 3.36. The molecule has 0 bridgehead atoms. The molecule has 7 heteroatoms. The number of aromatic nitrogens is 2. The quantitative estimate of drug-likeness (QED) is 0.482. The van der Waals surface area contributed by atoms with Crippen LogP contribution in [0.1, 0.15) is 10.4 Å². The molecule has 2 rings (SSSR count). The van der Waals surface area contributed by atoms with Crippen molar-refractivity contribution in [2.75, 3.05) is 25.5 Å². The maximum absolute atomic E-state index is 12.0. The van der Waals surface area contributed by atoms with Gasteiger partial charge in [-0.3, -0.25) is 4.79 Å². The van der Waals surface area contributed by atoms with Gasteiger partial charge < -0.3 is 15.5 Å². The molecule has 2 aromatic rings. The van der Waals surface area contributed by atoms with Crippen molar-refractivity contribution in [3.05, 3.63) is 20.8 Å². The smallest absolute Gasteiger partial charge is 0.260 e. The molecule has 0 saturated carbocycles. The molecule has 0 amide bonds. The van der Waals surface area contributed by atoms with Crippen LogP contribution in [0.25, 0.3) is 10.2 Å². The first-order valence-electron chi connectivity index (χ1n) is 6.04. The van der Waals surface area contributed by atoms with Crippen LogP contribution in [-0.2, 0) is 4.74 Å². The normalized spacial score (nSPS) is 11.3. The second-order valence-corrected chi connectivity index (χ2v) is 6.37. The van der Waals surface area contributed by atoms with Crippen LogP contribution in [-0.4, -0.2) is 35.5 Å². The fraction of sp³-hybridized carbons (Fsp3) is 0.500. The molecule has 3 N–H and O–H groups in total. The number of hydrogen-bond acceptors (Lipinski definition) is 6. The van der Waals surface area contributed by atoms with Gasteiger partial charge >= 0.3 is 0 Å². The Morgan fingerprint density at radius 2 is 2.21 bits per heavy atom. The van der Waals surface area contributed by atoms with E-state index in [2.05, 4.69) is 9.97 Å². The molecule has 5 nitrogen and oxygen atoms in total. The topological polar surface area (TPSA) is 81.0 Å². The average Bonchev–Trinajstić information content (AvgIpc) is 2.65. The third-order valence-electron chi connectivity index (χ3n) is 2.75. The summed E-state index contributed by atoms with van der Waals surface area (Å²) >= 11 is 3.05. The lowest BCUT2D eigenvalue weighted by molar-refractivity contribution is 0.158. The molecule has 2 heterocycles. The average molecular weight is 299 g/mol. The summed E-state index contributed by atoms with van der Waals surface area (Å²) in [6.07, 6.45) is 0. The fourth-order valence-electron chi connectivity index (χ4n) is 1.69. The Labute approximate surface area is 119 Å². The molecule has 2 aromatic heterocycles. The summed E-state index contributed by atoms with van der Waals surface area (Å²) in [4.78, 5) is 21.3. The summed E-state index contributed by atoms with van der Waals surface area (Å²) in [7, 11) is 0. The van der Waals surface area contributed by atoms with Crippen LogP contribution < -0.4 is 11.3 Å². The Balaban J connectivity index is 2.11. The van der Waals surface area contributed by atoms with Crippen LogP contribution in [0.3, 0.4) is 0 Å². The molecule has 0 unspecified atom stereocenters. The second kappa shape index (κ2) is 6.51. The van der Waals surface area contributed by atoms with Gasteiger partial charge in [0, 0.05) is 17.2 Å². The Kier molecular flexibility index (Phi) is 4.98. The highest BCUT2D eigenvalue weighted by Crippen LogP contribution is 2.27. The minimum Gasteiger partial charge on any atom is -0.379 e. The van der Waals surface area contributed by atoms with E-state index in [1.54, 1.807) is 11.3 Å². The Bertz CT molecular complexity index is 621. The maximum atomic E-state index is 12.0. The van der Waals surface area contributed by atoms with Gasteiger partial charge in [-0.2, -0.15) is 0 Å². The number of nitrogens with two attached hydrogens (primary N) is 1. The number of aryl methyl sites for hydroxylation is 2. The van der Waals surface area contributed by atoms with Gasteiger partial charge in [0.25, 0.3) is 5.56 Å². The number of thioether (sulfide) groups is 1. The maximum Gasteiger partial charge on any atom is 0.260 e. The lowest BCUT2D eigenvalue weighted by Gasteiger charge is -2.02. The number of ether oxygens (including phenoxy) is 1. The molecule has 0 aliphatic carbocycles. The molecule has 0 aliphatic rings. The molecule has 0 radical (unpaired) electrons. The van der Waals surface area contributed by atoms with Gasteiger partial charge in [-0.1, -0.05) is 11.8 Å². The van der Waals surface area contributed by atoms with Crippen molar-refractivity contribution < 1.29 is 4.74 Å². The zero-order valence-corrected chi connectivity index (χ0v) is 12.6. The van der Waals surface area contributed by atoms with E-state index in [9.17, 15) is 4.79 Å². The summed E-state index contributed by atoms with van der Waals surface area (Å²) in [5.74, 6) is 0.748. The minimum atomic E-state index is -0.0581. The molecular weight excluding hydrogens is 282 g/mol. The number of H-pyrrole nitrogens is 1. The first-order chi connectivity index (χ1) is 9.13. The molecule has 0 spiro atoms. The number of fused-ring (bicyclic) bond motifs is 1. The van der Waals surface area contributed by atoms with Gasteiger partial charge in [-0.25, -0.2) is 4.98 Å². The van der Waals surface area contributed by atoms with E-state index in [4.69, 9.17) is 10.5 Å². The number of hydrogen-bond donors (Lipinski definition) is 2. The Morgan fingerprint density at radius 1 is 1.42 bits per heavy atom. The van der Waals surface area contributed by atoms with E-state index in [1.165, 1.54) is 11.8 Å². The molecule has 104 valence electrons. The number of aromatic amines is 1. The van der Waals surface area contributed by atoms with Crippen LogP contribution >= 0.6 is 23.1 Å². The van der Waals surface area contributed by atoms with E-state index < -0.39 is 0 Å². The van der Waals surface area contributed by atoms with Gasteiger partial charge in [-0.15, -0.1) is 11.3 Å². The van der Waals surface area contributed by atoms with Gasteiger partial charge in [0.2, 0.25) is 0 Å². The molecule has 0 fully saturated rings. The summed E-state index contributed by atoms with van der Waals surface area (Å²) in [6, 6.07) is 0. The standard InChI is InChI=1S/C12H17N3O2S2/c1-7-8(2)19-11-9(7)10(16)14-12(15-11)18-6-5-17-4-3-13/h3-6,13H2,1-2H3,(H,14,15,16). The van der Waals surface area contributed by atoms with Crippen LogP contribution in [0.5, 0.6) is 0 Å². The fourth-order valence-corrected chi connectivity index (χ4v) is 3.49. The van der Waals surface area contributed by atoms with Crippen LogP contribution in [0, 0.1) is 13.8 Å². The van der Waals surface area contributed by atoms with Gasteiger partial charge in [-0.05, 0) is 19.4 Å². The summed E-state index contributed by atoms with van der Waals surface area (Å²) in [5.41, 5.74) is 6.30. The van der Waals surface area contributed by atoms with Gasteiger partial charge in [0.05, 0.1) is 18.6 Å². The monoisotopic (exact) mass is 299 g/mol. The molecule has 0 saturated heterocycles. The molecule has 19 heavy (non-hydrogen) atoms. The van der Waals surface area contributed by atoms with Gasteiger partial charge in [0.1, 0.15) is 4.83 Å². The van der Waals surface area contributed by atoms with Crippen molar-refractivity contribution in [1.29, 1.82) is 0 Å². The summed E-state index contributed by atoms with van der Waals surface area (Å²) in [6.45, 7) is 5.66. The number of thiophene rings is 1. The van der Waals surface area contributed by atoms with Crippen LogP contribution in [0.4, 0.5) is 0 Å². The zero-order valence-electron chi connectivity index (χ0n) is 11.0. The highest BCUT2D eigenvalue weighted by atomic mass is 32.2. The first kappa shape index (κ1) is 14.5. The Morgan fingerprint density at radius 3 is 2.95 bits per heavy atom. The SMILES string of the molecule is Cc1sc2nc(SCCOCCN)[nH]c(=O)c2c1C. The lowest BCUT2D eigenvalue weighted by atomic mass is 10.2. The van der Waals surface area contributed by atoms with Crippen LogP contribution in [0.2, 0.25) is 0 Å². The highest BCUT2D eigenvalue weighted by Gasteiger charge is 2.11. The van der Waals surface area contributed by atoms with Crippen molar-refractivity contribution >= 4 is 33.3 Å². The second-order valence-electron chi connectivity index (χ2n) is 4.08. The number of rotatable bonds is 6. The predicted octanol–water partition coefficient (Wildman–Crippen LogP) is 1.67. The van der Waals surface area contributed by atoms with Crippen molar-refractivity contribution in [3.63, 3.8) is 0 Å². The van der Waals surface area contributed by atoms with E-state index in [0.29, 0.717) is 30.3 Å². The summed E-state index contributed by atoms with van der Waals surface area (Å²) in [5, 5.41) is 1.36. The van der Waals surface area contributed by atoms with Crippen molar-refractivity contribution in [1.82, 2.24) is 9.97 Å². The van der Waals surface area contributed by atoms with E-state index in [0.717, 1.165) is 21.0 Å². The van der Waals surface area contributed by atoms with Crippen molar-refractivity contribution in [3.8, 4) is 0 Å². The first-order valence-corrected chi connectivity index (χ1v) is 7.84. The molecule has 0 atom stereocenters. The van der Waals surface area contributed by atoms with Crippen LogP contribution in [0.15, 0.2) is 9.95 Å². The predicted molar refractivity (Wildman–Crippen MR) is 80.3 cm³/mol. The van der Waals surface area contributed by atoms with Gasteiger partial charge in [0.15, 0.2) is 5.16 Å². The summed E-state index contributed by atoms with van der Waals surface area (Å²) < 4.78 is 5.28. The molecule has 0 aliphatic heterocycles. The van der Waals surface area contributed by atoms with E-state index in [1.807, 2.05) is 13.8 Å². The van der Waals surface area contributed by atoms with Crippen molar-refractivity contribution in [2.24, 2.45) is 5.73 Å². The Hall–Kier alpha value is -0.890. The highest BCUT2D eigenvalue weighted by molar-refractivity contribution is 7.99. The lowest BCUT2D eigenvalue weighted by Crippen LogP contribution is -2.11. The largest absolute Gasteiger partial charge is 0.379 e. The molecule has 0 aromatic carbocycles. The minimum absolute atomic E-state index is 0.0581. The molecular formula is C12H17N3O2S2.